The van der Waals surface area contributed by atoms with Gasteiger partial charge in [-0.1, -0.05) is 19.8 Å². The third-order valence-electron chi connectivity index (χ3n) is 3.72. The Bertz CT molecular complexity index is 321. The normalized spacial score (nSPS) is 25.1. The summed E-state index contributed by atoms with van der Waals surface area (Å²) in [7, 11) is 0. The summed E-state index contributed by atoms with van der Waals surface area (Å²) >= 11 is 0. The van der Waals surface area contributed by atoms with E-state index in [2.05, 4.69) is 29.2 Å². The first-order valence-corrected chi connectivity index (χ1v) is 6.38. The molecule has 1 fully saturated rings. The zero-order valence-corrected chi connectivity index (χ0v) is 10.3. The molecular formula is C12H22N4. The second kappa shape index (κ2) is 5.43. The molecule has 0 aliphatic heterocycles. The van der Waals surface area contributed by atoms with Crippen molar-refractivity contribution in [2.24, 2.45) is 11.8 Å². The maximum atomic E-state index is 4.26. The third kappa shape index (κ3) is 2.61. The quantitative estimate of drug-likeness (QED) is 0.826. The van der Waals surface area contributed by atoms with E-state index in [0.717, 1.165) is 37.3 Å². The Kier molecular flexibility index (Phi) is 3.93. The highest BCUT2D eigenvalue weighted by Crippen LogP contribution is 2.30. The molecule has 1 aromatic heterocycles. The minimum absolute atomic E-state index is 0.844. The van der Waals surface area contributed by atoms with Gasteiger partial charge in [-0.3, -0.25) is 0 Å². The van der Waals surface area contributed by atoms with E-state index >= 15 is 0 Å². The molecule has 90 valence electrons. The van der Waals surface area contributed by atoms with E-state index in [-0.39, 0.29) is 0 Å². The van der Waals surface area contributed by atoms with Crippen molar-refractivity contribution in [1.82, 2.24) is 20.1 Å². The molecule has 0 bridgehead atoms. The monoisotopic (exact) mass is 222 g/mol. The molecule has 0 spiro atoms. The van der Waals surface area contributed by atoms with E-state index in [1.807, 2.05) is 4.68 Å². The highest BCUT2D eigenvalue weighted by atomic mass is 15.3. The van der Waals surface area contributed by atoms with Gasteiger partial charge in [-0.15, -0.1) is 0 Å². The van der Waals surface area contributed by atoms with E-state index in [4.69, 9.17) is 0 Å². The SMILES string of the molecule is CCn1ncnc1CNCC1CCCC1C. The molecule has 16 heavy (non-hydrogen) atoms. The summed E-state index contributed by atoms with van der Waals surface area (Å²) in [5, 5.41) is 7.68. The minimum Gasteiger partial charge on any atom is -0.310 e. The van der Waals surface area contributed by atoms with Crippen molar-refractivity contribution < 1.29 is 0 Å². The fraction of sp³-hybridized carbons (Fsp3) is 0.833. The van der Waals surface area contributed by atoms with Crippen LogP contribution in [0.15, 0.2) is 6.33 Å². The maximum absolute atomic E-state index is 4.26. The molecular weight excluding hydrogens is 200 g/mol. The first kappa shape index (κ1) is 11.6. The molecule has 0 aromatic carbocycles. The number of hydrogen-bond acceptors (Lipinski definition) is 3. The lowest BCUT2D eigenvalue weighted by molar-refractivity contribution is 0.387. The Balaban J connectivity index is 1.75. The van der Waals surface area contributed by atoms with Gasteiger partial charge in [0.05, 0.1) is 6.54 Å². The Morgan fingerprint density at radius 1 is 1.50 bits per heavy atom. The standard InChI is InChI=1S/C12H22N4/c1-3-16-12(14-9-15-16)8-13-7-11-6-4-5-10(11)2/h9-11,13H,3-8H2,1-2H3. The number of aromatic nitrogens is 3. The molecule has 1 aromatic rings. The van der Waals surface area contributed by atoms with Crippen LogP contribution in [-0.4, -0.2) is 21.3 Å². The average Bonchev–Trinajstić information content (AvgIpc) is 2.88. The summed E-state index contributed by atoms with van der Waals surface area (Å²) in [4.78, 5) is 4.26. The number of rotatable bonds is 5. The second-order valence-electron chi connectivity index (χ2n) is 4.79. The van der Waals surface area contributed by atoms with Crippen LogP contribution in [0, 0.1) is 11.8 Å². The number of nitrogens with zero attached hydrogens (tertiary/aromatic N) is 3. The van der Waals surface area contributed by atoms with E-state index in [0.29, 0.717) is 0 Å². The summed E-state index contributed by atoms with van der Waals surface area (Å²) in [6.45, 7) is 7.33. The van der Waals surface area contributed by atoms with Gasteiger partial charge in [0.15, 0.2) is 0 Å². The van der Waals surface area contributed by atoms with Crippen LogP contribution in [0.25, 0.3) is 0 Å². The lowest BCUT2D eigenvalue weighted by Crippen LogP contribution is -2.25. The predicted molar refractivity (Wildman–Crippen MR) is 63.9 cm³/mol. The molecule has 4 heteroatoms. The number of hydrogen-bond donors (Lipinski definition) is 1. The Hall–Kier alpha value is -0.900. The second-order valence-corrected chi connectivity index (χ2v) is 4.79. The van der Waals surface area contributed by atoms with Crippen LogP contribution < -0.4 is 5.32 Å². The molecule has 1 saturated carbocycles. The third-order valence-corrected chi connectivity index (χ3v) is 3.72. The van der Waals surface area contributed by atoms with E-state index in [9.17, 15) is 0 Å². The van der Waals surface area contributed by atoms with Gasteiger partial charge >= 0.3 is 0 Å². The molecule has 4 nitrogen and oxygen atoms in total. The number of aryl methyl sites for hydroxylation is 1. The fourth-order valence-electron chi connectivity index (χ4n) is 2.58. The summed E-state index contributed by atoms with van der Waals surface area (Å²) in [5.41, 5.74) is 0. The van der Waals surface area contributed by atoms with Gasteiger partial charge in [-0.2, -0.15) is 5.10 Å². The molecule has 1 aliphatic carbocycles. The smallest absolute Gasteiger partial charge is 0.140 e. The Labute approximate surface area is 97.5 Å². The summed E-state index contributed by atoms with van der Waals surface area (Å²) in [5.74, 6) is 2.79. The topological polar surface area (TPSA) is 42.7 Å². The first-order chi connectivity index (χ1) is 7.81. The van der Waals surface area contributed by atoms with Crippen molar-refractivity contribution in [3.63, 3.8) is 0 Å². The van der Waals surface area contributed by atoms with Crippen molar-refractivity contribution in [1.29, 1.82) is 0 Å². The molecule has 2 rings (SSSR count). The van der Waals surface area contributed by atoms with Crippen molar-refractivity contribution in [2.75, 3.05) is 6.54 Å². The van der Waals surface area contributed by atoms with Gasteiger partial charge in [0.25, 0.3) is 0 Å². The minimum atomic E-state index is 0.844. The molecule has 0 amide bonds. The van der Waals surface area contributed by atoms with E-state index < -0.39 is 0 Å². The molecule has 1 N–H and O–H groups in total. The predicted octanol–water partition coefficient (Wildman–Crippen LogP) is 1.82. The first-order valence-electron chi connectivity index (χ1n) is 6.38. The molecule has 2 unspecified atom stereocenters. The van der Waals surface area contributed by atoms with Crippen LogP contribution in [0.5, 0.6) is 0 Å². The van der Waals surface area contributed by atoms with Gasteiger partial charge in [-0.05, 0) is 31.7 Å². The highest BCUT2D eigenvalue weighted by molar-refractivity contribution is 4.84. The van der Waals surface area contributed by atoms with Crippen LogP contribution in [0.1, 0.15) is 38.9 Å². The largest absolute Gasteiger partial charge is 0.310 e. The molecule has 0 radical (unpaired) electrons. The highest BCUT2D eigenvalue weighted by Gasteiger charge is 2.22. The maximum Gasteiger partial charge on any atom is 0.140 e. The summed E-state index contributed by atoms with van der Waals surface area (Å²) in [6, 6.07) is 0. The van der Waals surface area contributed by atoms with Gasteiger partial charge < -0.3 is 5.32 Å². The lowest BCUT2D eigenvalue weighted by atomic mass is 9.98. The zero-order chi connectivity index (χ0) is 11.4. The van der Waals surface area contributed by atoms with Gasteiger partial charge in [0.2, 0.25) is 0 Å². The number of nitrogens with one attached hydrogen (secondary N) is 1. The van der Waals surface area contributed by atoms with Gasteiger partial charge in [0.1, 0.15) is 12.2 Å². The van der Waals surface area contributed by atoms with Crippen LogP contribution >= 0.6 is 0 Å². The lowest BCUT2D eigenvalue weighted by Gasteiger charge is -2.15. The average molecular weight is 222 g/mol. The molecule has 2 atom stereocenters. The van der Waals surface area contributed by atoms with Crippen LogP contribution in [0.4, 0.5) is 0 Å². The van der Waals surface area contributed by atoms with E-state index in [1.165, 1.54) is 19.3 Å². The molecule has 0 saturated heterocycles. The molecule has 1 aliphatic rings. The van der Waals surface area contributed by atoms with Crippen LogP contribution in [-0.2, 0) is 13.1 Å². The van der Waals surface area contributed by atoms with Crippen molar-refractivity contribution in [3.8, 4) is 0 Å². The summed E-state index contributed by atoms with van der Waals surface area (Å²) < 4.78 is 1.95. The molecule has 1 heterocycles. The summed E-state index contributed by atoms with van der Waals surface area (Å²) in [6.07, 6.45) is 5.82. The van der Waals surface area contributed by atoms with Crippen LogP contribution in [0.2, 0.25) is 0 Å². The fourth-order valence-corrected chi connectivity index (χ4v) is 2.58. The van der Waals surface area contributed by atoms with Crippen molar-refractivity contribution >= 4 is 0 Å². The van der Waals surface area contributed by atoms with Crippen molar-refractivity contribution in [3.05, 3.63) is 12.2 Å². The Morgan fingerprint density at radius 3 is 3.06 bits per heavy atom. The Morgan fingerprint density at radius 2 is 2.38 bits per heavy atom. The van der Waals surface area contributed by atoms with Gasteiger partial charge in [-0.25, -0.2) is 9.67 Å². The van der Waals surface area contributed by atoms with E-state index in [1.54, 1.807) is 6.33 Å². The zero-order valence-electron chi connectivity index (χ0n) is 10.3. The van der Waals surface area contributed by atoms with Crippen LogP contribution in [0.3, 0.4) is 0 Å². The van der Waals surface area contributed by atoms with Gasteiger partial charge in [0, 0.05) is 6.54 Å². The van der Waals surface area contributed by atoms with Crippen molar-refractivity contribution in [2.45, 2.75) is 46.2 Å².